The molecule has 1 aromatic rings. The summed E-state index contributed by atoms with van der Waals surface area (Å²) in [5.41, 5.74) is 1.40. The molecule has 0 radical (unpaired) electrons. The first kappa shape index (κ1) is 17.0. The maximum atomic E-state index is 12.8. The molecular weight excluding hydrogens is 336 g/mol. The fraction of sp³-hybridized carbons (Fsp3) is 0.632. The van der Waals surface area contributed by atoms with Crippen molar-refractivity contribution >= 4 is 15.9 Å². The van der Waals surface area contributed by atoms with E-state index in [0.717, 1.165) is 24.3 Å². The van der Waals surface area contributed by atoms with Gasteiger partial charge in [-0.1, -0.05) is 18.9 Å². The molecule has 2 atom stereocenters. The molecule has 2 unspecified atom stereocenters. The molecule has 3 saturated carbocycles. The van der Waals surface area contributed by atoms with Crippen molar-refractivity contribution in [1.82, 2.24) is 10.0 Å². The molecule has 1 amide bonds. The number of hydrogen-bond donors (Lipinski definition) is 2. The van der Waals surface area contributed by atoms with Gasteiger partial charge in [0.1, 0.15) is 0 Å². The van der Waals surface area contributed by atoms with E-state index in [1.807, 2.05) is 6.92 Å². The Hall–Kier alpha value is -1.40. The summed E-state index contributed by atoms with van der Waals surface area (Å²) in [5, 5.41) is 2.77. The number of rotatable bonds is 4. The summed E-state index contributed by atoms with van der Waals surface area (Å²) in [7, 11) is -3.61. The Balaban J connectivity index is 1.54. The van der Waals surface area contributed by atoms with Crippen molar-refractivity contribution < 1.29 is 13.2 Å². The molecule has 1 aromatic carbocycles. The number of carbonyl (C=O) groups is 1. The predicted octanol–water partition coefficient (Wildman–Crippen LogP) is 2.47. The normalized spacial score (nSPS) is 29.8. The number of benzene rings is 1. The van der Waals surface area contributed by atoms with Gasteiger partial charge in [0.25, 0.3) is 5.91 Å². The lowest BCUT2D eigenvalue weighted by Gasteiger charge is -2.45. The molecule has 136 valence electrons. The fourth-order valence-corrected chi connectivity index (χ4v) is 6.32. The second-order valence-corrected chi connectivity index (χ2v) is 9.63. The van der Waals surface area contributed by atoms with E-state index < -0.39 is 10.0 Å². The highest BCUT2D eigenvalue weighted by molar-refractivity contribution is 7.89. The van der Waals surface area contributed by atoms with Gasteiger partial charge in [0, 0.05) is 18.2 Å². The first-order valence-corrected chi connectivity index (χ1v) is 10.9. The van der Waals surface area contributed by atoms with Crippen LogP contribution in [0.5, 0.6) is 0 Å². The van der Waals surface area contributed by atoms with Gasteiger partial charge < -0.3 is 5.32 Å². The first-order valence-electron chi connectivity index (χ1n) is 9.37. The third kappa shape index (κ3) is 3.22. The van der Waals surface area contributed by atoms with Gasteiger partial charge in [0.2, 0.25) is 10.0 Å². The Morgan fingerprint density at radius 3 is 2.64 bits per heavy atom. The lowest BCUT2D eigenvalue weighted by Crippen LogP contribution is -2.45. The zero-order valence-corrected chi connectivity index (χ0v) is 15.4. The van der Waals surface area contributed by atoms with Crippen LogP contribution in [0.15, 0.2) is 23.1 Å². The predicted molar refractivity (Wildman–Crippen MR) is 95.8 cm³/mol. The SMILES string of the molecule is CC(NS(=O)(=O)c1ccc2c(c1)C(=O)NCC2)C1CC2CCC1CC2. The van der Waals surface area contributed by atoms with Crippen molar-refractivity contribution in [2.24, 2.45) is 17.8 Å². The van der Waals surface area contributed by atoms with Gasteiger partial charge in [-0.05, 0) is 68.1 Å². The van der Waals surface area contributed by atoms with Crippen LogP contribution in [-0.2, 0) is 16.4 Å². The Bertz CT molecular complexity index is 782. The number of amides is 1. The summed E-state index contributed by atoms with van der Waals surface area (Å²) >= 11 is 0. The maximum Gasteiger partial charge on any atom is 0.251 e. The van der Waals surface area contributed by atoms with E-state index in [4.69, 9.17) is 0 Å². The van der Waals surface area contributed by atoms with Crippen LogP contribution in [0.2, 0.25) is 0 Å². The average Bonchev–Trinajstić information content (AvgIpc) is 2.62. The number of fused-ring (bicyclic) bond motifs is 4. The van der Waals surface area contributed by atoms with Gasteiger partial charge in [-0.25, -0.2) is 13.1 Å². The van der Waals surface area contributed by atoms with Crippen molar-refractivity contribution in [1.29, 1.82) is 0 Å². The molecule has 6 heteroatoms. The summed E-state index contributed by atoms with van der Waals surface area (Å²) in [4.78, 5) is 12.2. The zero-order valence-electron chi connectivity index (χ0n) is 14.6. The minimum atomic E-state index is -3.61. The van der Waals surface area contributed by atoms with Crippen molar-refractivity contribution in [3.8, 4) is 0 Å². The standard InChI is InChI=1S/C19H26N2O3S/c1-12(17-10-13-2-4-14(17)5-3-13)21-25(23,24)16-7-6-15-8-9-20-19(22)18(15)11-16/h6-7,11-14,17,21H,2-5,8-10H2,1H3,(H,20,22). The summed E-state index contributed by atoms with van der Waals surface area (Å²) < 4.78 is 28.6. The van der Waals surface area contributed by atoms with E-state index in [2.05, 4.69) is 10.0 Å². The monoisotopic (exact) mass is 362 g/mol. The van der Waals surface area contributed by atoms with E-state index in [0.29, 0.717) is 23.9 Å². The molecule has 0 spiro atoms. The second kappa shape index (κ2) is 6.40. The minimum absolute atomic E-state index is 0.0667. The Labute approximate surface area is 149 Å². The van der Waals surface area contributed by atoms with E-state index in [-0.39, 0.29) is 16.8 Å². The summed E-state index contributed by atoms with van der Waals surface area (Å²) in [6.07, 6.45) is 6.97. The number of carbonyl (C=O) groups excluding carboxylic acids is 1. The van der Waals surface area contributed by atoms with Crippen molar-refractivity contribution in [2.75, 3.05) is 6.54 Å². The van der Waals surface area contributed by atoms with Crippen LogP contribution in [0.25, 0.3) is 0 Å². The van der Waals surface area contributed by atoms with E-state index in [1.165, 1.54) is 31.7 Å². The molecule has 1 heterocycles. The van der Waals surface area contributed by atoms with Crippen LogP contribution < -0.4 is 10.0 Å². The number of sulfonamides is 1. The maximum absolute atomic E-state index is 12.8. The van der Waals surface area contributed by atoms with E-state index in [9.17, 15) is 13.2 Å². The molecule has 3 fully saturated rings. The minimum Gasteiger partial charge on any atom is -0.352 e. The van der Waals surface area contributed by atoms with Gasteiger partial charge in [0.15, 0.2) is 0 Å². The molecule has 5 nitrogen and oxygen atoms in total. The Morgan fingerprint density at radius 1 is 1.20 bits per heavy atom. The fourth-order valence-electron chi connectivity index (χ4n) is 5.00. The molecule has 25 heavy (non-hydrogen) atoms. The van der Waals surface area contributed by atoms with Crippen LogP contribution in [0, 0.1) is 17.8 Å². The summed E-state index contributed by atoms with van der Waals surface area (Å²) in [6.45, 7) is 2.60. The highest BCUT2D eigenvalue weighted by Gasteiger charge is 2.39. The van der Waals surface area contributed by atoms with Gasteiger partial charge >= 0.3 is 0 Å². The number of nitrogens with one attached hydrogen (secondary N) is 2. The molecule has 0 saturated heterocycles. The molecule has 1 aliphatic heterocycles. The van der Waals surface area contributed by atoms with Gasteiger partial charge in [-0.2, -0.15) is 0 Å². The number of hydrogen-bond acceptors (Lipinski definition) is 3. The van der Waals surface area contributed by atoms with Crippen LogP contribution in [0.3, 0.4) is 0 Å². The second-order valence-electron chi connectivity index (χ2n) is 7.92. The molecular formula is C19H26N2O3S. The first-order chi connectivity index (χ1) is 11.9. The van der Waals surface area contributed by atoms with Crippen LogP contribution in [0.4, 0.5) is 0 Å². The van der Waals surface area contributed by atoms with Gasteiger partial charge in [0.05, 0.1) is 4.90 Å². The van der Waals surface area contributed by atoms with E-state index in [1.54, 1.807) is 12.1 Å². The van der Waals surface area contributed by atoms with Crippen LogP contribution in [-0.4, -0.2) is 26.9 Å². The molecule has 2 bridgehead atoms. The molecule has 2 N–H and O–H groups in total. The third-order valence-corrected chi connectivity index (χ3v) is 7.96. The van der Waals surface area contributed by atoms with Crippen LogP contribution >= 0.6 is 0 Å². The molecule has 4 aliphatic rings. The molecule has 3 aliphatic carbocycles. The highest BCUT2D eigenvalue weighted by atomic mass is 32.2. The quantitative estimate of drug-likeness (QED) is 0.864. The van der Waals surface area contributed by atoms with Crippen molar-refractivity contribution in [2.45, 2.75) is 56.4 Å². The van der Waals surface area contributed by atoms with Crippen LogP contribution in [0.1, 0.15) is 54.9 Å². The van der Waals surface area contributed by atoms with Gasteiger partial charge in [-0.3, -0.25) is 4.79 Å². The van der Waals surface area contributed by atoms with Crippen molar-refractivity contribution in [3.05, 3.63) is 29.3 Å². The van der Waals surface area contributed by atoms with E-state index >= 15 is 0 Å². The van der Waals surface area contributed by atoms with Crippen molar-refractivity contribution in [3.63, 3.8) is 0 Å². The van der Waals surface area contributed by atoms with Gasteiger partial charge in [-0.15, -0.1) is 0 Å². The smallest absolute Gasteiger partial charge is 0.251 e. The zero-order chi connectivity index (χ0) is 17.6. The summed E-state index contributed by atoms with van der Waals surface area (Å²) in [5.74, 6) is 1.67. The molecule has 5 rings (SSSR count). The Kier molecular flexibility index (Phi) is 4.36. The lowest BCUT2D eigenvalue weighted by atomic mass is 9.63. The largest absolute Gasteiger partial charge is 0.352 e. The highest BCUT2D eigenvalue weighted by Crippen LogP contribution is 2.46. The average molecular weight is 362 g/mol. The third-order valence-electron chi connectivity index (χ3n) is 6.40. The lowest BCUT2D eigenvalue weighted by molar-refractivity contribution is 0.0810. The Morgan fingerprint density at radius 2 is 1.96 bits per heavy atom. The topological polar surface area (TPSA) is 75.3 Å². The molecule has 0 aromatic heterocycles. The summed E-state index contributed by atoms with van der Waals surface area (Å²) in [6, 6.07) is 4.85.